The molecule has 2 aromatic heterocycles. The highest BCUT2D eigenvalue weighted by Crippen LogP contribution is 2.22. The molecule has 0 aliphatic rings. The van der Waals surface area contributed by atoms with Gasteiger partial charge in [0, 0.05) is 24.7 Å². The van der Waals surface area contributed by atoms with E-state index < -0.39 is 0 Å². The summed E-state index contributed by atoms with van der Waals surface area (Å²) in [5.41, 5.74) is 1.50. The zero-order valence-corrected chi connectivity index (χ0v) is 12.9. The number of rotatable bonds is 7. The Morgan fingerprint density at radius 2 is 2.20 bits per heavy atom. The minimum Gasteiger partial charge on any atom is -0.362 e. The van der Waals surface area contributed by atoms with Crippen LogP contribution in [0.1, 0.15) is 33.1 Å². The predicted octanol–water partition coefficient (Wildman–Crippen LogP) is 3.59. The van der Waals surface area contributed by atoms with Gasteiger partial charge in [0.15, 0.2) is 5.13 Å². The van der Waals surface area contributed by atoms with Gasteiger partial charge in [-0.05, 0) is 25.5 Å². The lowest BCUT2D eigenvalue weighted by Crippen LogP contribution is -2.21. The van der Waals surface area contributed by atoms with Crippen LogP contribution in [0.25, 0.3) is 11.3 Å². The van der Waals surface area contributed by atoms with Crippen molar-refractivity contribution >= 4 is 16.5 Å². The molecule has 0 aliphatic carbocycles. The summed E-state index contributed by atoms with van der Waals surface area (Å²) < 4.78 is 1.79. The topological polar surface area (TPSA) is 46.9 Å². The average molecular weight is 291 g/mol. The molecule has 2 rings (SSSR count). The number of hydrogen-bond acceptors (Lipinski definition) is 4. The maximum atomic E-state index is 12.4. The van der Waals surface area contributed by atoms with Gasteiger partial charge < -0.3 is 9.88 Å². The molecule has 0 aromatic carbocycles. The molecule has 0 bridgehead atoms. The van der Waals surface area contributed by atoms with Crippen molar-refractivity contribution in [2.24, 2.45) is 0 Å². The van der Waals surface area contributed by atoms with Gasteiger partial charge in [-0.3, -0.25) is 4.79 Å². The van der Waals surface area contributed by atoms with Gasteiger partial charge in [-0.25, -0.2) is 4.98 Å². The SMILES string of the molecule is CCCCCn1cccc(-c2csc(NCC)n2)c1=O. The van der Waals surface area contributed by atoms with Crippen LogP contribution in [-0.2, 0) is 6.54 Å². The highest BCUT2D eigenvalue weighted by Gasteiger charge is 2.09. The van der Waals surface area contributed by atoms with Crippen LogP contribution < -0.4 is 10.9 Å². The quantitative estimate of drug-likeness (QED) is 0.793. The molecule has 0 saturated carbocycles. The Kier molecular flexibility index (Phi) is 5.35. The zero-order chi connectivity index (χ0) is 14.4. The molecule has 1 N–H and O–H groups in total. The van der Waals surface area contributed by atoms with Crippen molar-refractivity contribution in [2.45, 2.75) is 39.7 Å². The zero-order valence-electron chi connectivity index (χ0n) is 12.1. The van der Waals surface area contributed by atoms with Gasteiger partial charge in [0.1, 0.15) is 0 Å². The Hall–Kier alpha value is -1.62. The Morgan fingerprint density at radius 3 is 2.95 bits per heavy atom. The molecule has 108 valence electrons. The summed E-state index contributed by atoms with van der Waals surface area (Å²) in [6.45, 7) is 5.81. The molecule has 0 fully saturated rings. The van der Waals surface area contributed by atoms with E-state index in [0.29, 0.717) is 5.56 Å². The van der Waals surface area contributed by atoms with Crippen LogP contribution in [0.15, 0.2) is 28.5 Å². The number of pyridine rings is 1. The number of aromatic nitrogens is 2. The first-order chi connectivity index (χ1) is 9.76. The summed E-state index contributed by atoms with van der Waals surface area (Å²) >= 11 is 1.53. The molecule has 0 radical (unpaired) electrons. The highest BCUT2D eigenvalue weighted by atomic mass is 32.1. The lowest BCUT2D eigenvalue weighted by Gasteiger charge is -2.06. The number of hydrogen-bond donors (Lipinski definition) is 1. The summed E-state index contributed by atoms with van der Waals surface area (Å²) in [4.78, 5) is 16.9. The van der Waals surface area contributed by atoms with E-state index in [1.165, 1.54) is 11.3 Å². The van der Waals surface area contributed by atoms with Gasteiger partial charge in [0.2, 0.25) is 0 Å². The molecule has 4 nitrogen and oxygen atoms in total. The van der Waals surface area contributed by atoms with Crippen LogP contribution in [0.2, 0.25) is 0 Å². The third-order valence-electron chi connectivity index (χ3n) is 3.13. The van der Waals surface area contributed by atoms with Crippen LogP contribution in [0.3, 0.4) is 0 Å². The number of nitrogens with one attached hydrogen (secondary N) is 1. The van der Waals surface area contributed by atoms with Crippen molar-refractivity contribution in [3.05, 3.63) is 34.1 Å². The largest absolute Gasteiger partial charge is 0.362 e. The molecule has 20 heavy (non-hydrogen) atoms. The molecule has 0 saturated heterocycles. The number of thiazole rings is 1. The van der Waals surface area contributed by atoms with E-state index in [1.54, 1.807) is 4.57 Å². The maximum Gasteiger partial charge on any atom is 0.260 e. The number of nitrogens with zero attached hydrogens (tertiary/aromatic N) is 2. The first kappa shape index (κ1) is 14.8. The number of unbranched alkanes of at least 4 members (excludes halogenated alkanes) is 2. The van der Waals surface area contributed by atoms with Crippen LogP contribution in [0, 0.1) is 0 Å². The lowest BCUT2D eigenvalue weighted by atomic mass is 10.2. The summed E-state index contributed by atoms with van der Waals surface area (Å²) in [5, 5.41) is 5.97. The van der Waals surface area contributed by atoms with Gasteiger partial charge in [-0.1, -0.05) is 19.8 Å². The third-order valence-corrected chi connectivity index (χ3v) is 3.93. The number of anilines is 1. The fraction of sp³-hybridized carbons (Fsp3) is 0.467. The standard InChI is InChI=1S/C15H21N3OS/c1-3-5-6-9-18-10-7-8-12(14(18)19)13-11-20-15(17-13)16-4-2/h7-8,10-11H,3-6,9H2,1-2H3,(H,16,17). The van der Waals surface area contributed by atoms with Crippen molar-refractivity contribution in [3.8, 4) is 11.3 Å². The molecule has 0 atom stereocenters. The molecule has 0 unspecified atom stereocenters. The summed E-state index contributed by atoms with van der Waals surface area (Å²) in [7, 11) is 0. The molecule has 0 amide bonds. The Balaban J connectivity index is 2.22. The normalized spacial score (nSPS) is 10.7. The van der Waals surface area contributed by atoms with E-state index in [4.69, 9.17) is 0 Å². The maximum absolute atomic E-state index is 12.4. The van der Waals surface area contributed by atoms with Crippen LogP contribution in [0.4, 0.5) is 5.13 Å². The molecule has 2 aromatic rings. The fourth-order valence-electron chi connectivity index (χ4n) is 2.07. The monoisotopic (exact) mass is 291 g/mol. The van der Waals surface area contributed by atoms with E-state index in [-0.39, 0.29) is 5.56 Å². The molecular formula is C15H21N3OS. The van der Waals surface area contributed by atoms with E-state index in [2.05, 4.69) is 17.2 Å². The second-order valence-electron chi connectivity index (χ2n) is 4.70. The number of aryl methyl sites for hydroxylation is 1. The van der Waals surface area contributed by atoms with Crippen molar-refractivity contribution in [1.82, 2.24) is 9.55 Å². The van der Waals surface area contributed by atoms with Gasteiger partial charge in [0.05, 0.1) is 11.3 Å². The first-order valence-corrected chi connectivity index (χ1v) is 8.03. The van der Waals surface area contributed by atoms with Crippen LogP contribution in [0.5, 0.6) is 0 Å². The first-order valence-electron chi connectivity index (χ1n) is 7.15. The van der Waals surface area contributed by atoms with Crippen molar-refractivity contribution < 1.29 is 0 Å². The smallest absolute Gasteiger partial charge is 0.260 e. The van der Waals surface area contributed by atoms with E-state index in [1.807, 2.05) is 30.6 Å². The second kappa shape index (κ2) is 7.24. The molecule has 2 heterocycles. The van der Waals surface area contributed by atoms with Crippen LogP contribution >= 0.6 is 11.3 Å². The van der Waals surface area contributed by atoms with E-state index in [9.17, 15) is 4.79 Å². The highest BCUT2D eigenvalue weighted by molar-refractivity contribution is 7.14. The van der Waals surface area contributed by atoms with Crippen LogP contribution in [-0.4, -0.2) is 16.1 Å². The van der Waals surface area contributed by atoms with Crippen molar-refractivity contribution in [1.29, 1.82) is 0 Å². The van der Waals surface area contributed by atoms with E-state index in [0.717, 1.165) is 43.2 Å². The van der Waals surface area contributed by atoms with Gasteiger partial charge >= 0.3 is 0 Å². The lowest BCUT2D eigenvalue weighted by molar-refractivity contribution is 0.588. The molecule has 0 spiro atoms. The van der Waals surface area contributed by atoms with Gasteiger partial charge in [-0.2, -0.15) is 0 Å². The second-order valence-corrected chi connectivity index (χ2v) is 5.55. The van der Waals surface area contributed by atoms with E-state index >= 15 is 0 Å². The molecule has 5 heteroatoms. The summed E-state index contributed by atoms with van der Waals surface area (Å²) in [6, 6.07) is 3.78. The fourth-order valence-corrected chi connectivity index (χ4v) is 2.85. The summed E-state index contributed by atoms with van der Waals surface area (Å²) in [6.07, 6.45) is 5.21. The summed E-state index contributed by atoms with van der Waals surface area (Å²) in [5.74, 6) is 0. The Bertz CT molecular complexity index is 603. The minimum absolute atomic E-state index is 0.0527. The molecular weight excluding hydrogens is 270 g/mol. The minimum atomic E-state index is 0.0527. The Labute approximate surface area is 123 Å². The average Bonchev–Trinajstić information content (AvgIpc) is 2.90. The third kappa shape index (κ3) is 3.48. The van der Waals surface area contributed by atoms with Crippen molar-refractivity contribution in [3.63, 3.8) is 0 Å². The van der Waals surface area contributed by atoms with Gasteiger partial charge in [-0.15, -0.1) is 11.3 Å². The Morgan fingerprint density at radius 1 is 1.35 bits per heavy atom. The van der Waals surface area contributed by atoms with Crippen molar-refractivity contribution in [2.75, 3.05) is 11.9 Å². The predicted molar refractivity (Wildman–Crippen MR) is 85.5 cm³/mol. The molecule has 0 aliphatic heterocycles. The van der Waals surface area contributed by atoms with Gasteiger partial charge in [0.25, 0.3) is 5.56 Å².